The van der Waals surface area contributed by atoms with Crippen LogP contribution in [0.4, 0.5) is 18.0 Å². The number of urea groups is 1. The van der Waals surface area contributed by atoms with E-state index in [1.54, 1.807) is 49.4 Å². The van der Waals surface area contributed by atoms with Crippen molar-refractivity contribution in [1.82, 2.24) is 15.5 Å². The van der Waals surface area contributed by atoms with E-state index in [1.807, 2.05) is 0 Å². The molecular formula is C31H28F3N3O7. The number of halogens is 3. The average molecular weight is 612 g/mol. The van der Waals surface area contributed by atoms with Crippen molar-refractivity contribution in [3.63, 3.8) is 0 Å². The van der Waals surface area contributed by atoms with Crippen LogP contribution in [0.1, 0.15) is 40.0 Å². The minimum absolute atomic E-state index is 0.0241. The molecule has 44 heavy (non-hydrogen) atoms. The van der Waals surface area contributed by atoms with Gasteiger partial charge in [0.2, 0.25) is 6.79 Å². The Balaban J connectivity index is 1.55. The fourth-order valence-corrected chi connectivity index (χ4v) is 4.87. The maximum absolute atomic E-state index is 13.8. The van der Waals surface area contributed by atoms with Gasteiger partial charge in [-0.3, -0.25) is 4.79 Å². The molecule has 230 valence electrons. The third-order valence-corrected chi connectivity index (χ3v) is 7.00. The van der Waals surface area contributed by atoms with E-state index in [4.69, 9.17) is 18.9 Å². The number of benzene rings is 3. The topological polar surface area (TPSA) is 115 Å². The number of carbonyl (C=O) groups excluding carboxylic acids is 3. The first-order valence-electron chi connectivity index (χ1n) is 13.5. The number of fused-ring (bicyclic) bond motifs is 1. The Kier molecular flexibility index (Phi) is 8.65. The van der Waals surface area contributed by atoms with Gasteiger partial charge in [-0.2, -0.15) is 13.2 Å². The van der Waals surface area contributed by atoms with E-state index < -0.39 is 35.7 Å². The first kappa shape index (κ1) is 30.3. The Morgan fingerprint density at radius 2 is 1.68 bits per heavy atom. The summed E-state index contributed by atoms with van der Waals surface area (Å²) in [5.74, 6) is 0.190. The van der Waals surface area contributed by atoms with E-state index in [2.05, 4.69) is 10.6 Å². The largest absolute Gasteiger partial charge is 0.497 e. The average Bonchev–Trinajstić information content (AvgIpc) is 3.48. The van der Waals surface area contributed by atoms with Crippen molar-refractivity contribution >= 4 is 17.9 Å². The van der Waals surface area contributed by atoms with Crippen LogP contribution < -0.4 is 24.8 Å². The number of carbonyl (C=O) groups is 3. The number of esters is 1. The van der Waals surface area contributed by atoms with Gasteiger partial charge < -0.3 is 34.5 Å². The summed E-state index contributed by atoms with van der Waals surface area (Å²) >= 11 is 0. The highest BCUT2D eigenvalue weighted by Crippen LogP contribution is 2.34. The molecule has 2 N–H and O–H groups in total. The Morgan fingerprint density at radius 1 is 0.977 bits per heavy atom. The molecular weight excluding hydrogens is 583 g/mol. The van der Waals surface area contributed by atoms with Crippen molar-refractivity contribution in [3.05, 3.63) is 100 Å². The second-order valence-electron chi connectivity index (χ2n) is 9.84. The molecule has 0 unspecified atom stereocenters. The number of hydrogen-bond donors (Lipinski definition) is 2. The third kappa shape index (κ3) is 6.56. The predicted octanol–water partition coefficient (Wildman–Crippen LogP) is 4.96. The lowest BCUT2D eigenvalue weighted by Gasteiger charge is -2.32. The number of hydrogen-bond acceptors (Lipinski definition) is 7. The lowest BCUT2D eigenvalue weighted by Crippen LogP contribution is -2.49. The second-order valence-corrected chi connectivity index (χ2v) is 9.84. The van der Waals surface area contributed by atoms with E-state index in [-0.39, 0.29) is 43.3 Å². The molecule has 0 spiro atoms. The predicted molar refractivity (Wildman–Crippen MR) is 150 cm³/mol. The molecule has 0 saturated carbocycles. The summed E-state index contributed by atoms with van der Waals surface area (Å²) in [7, 11) is 1.51. The molecule has 10 nitrogen and oxygen atoms in total. The van der Waals surface area contributed by atoms with Gasteiger partial charge in [-0.15, -0.1) is 0 Å². The summed E-state index contributed by atoms with van der Waals surface area (Å²) < 4.78 is 61.0. The molecule has 5 rings (SSSR count). The molecule has 2 aliphatic heterocycles. The monoisotopic (exact) mass is 611 g/mol. The first-order chi connectivity index (χ1) is 21.1. The van der Waals surface area contributed by atoms with Crippen LogP contribution in [-0.2, 0) is 22.3 Å². The molecule has 2 aliphatic rings. The number of rotatable bonds is 9. The van der Waals surface area contributed by atoms with Crippen LogP contribution in [0.5, 0.6) is 17.2 Å². The van der Waals surface area contributed by atoms with Gasteiger partial charge in [-0.05, 0) is 66.6 Å². The summed E-state index contributed by atoms with van der Waals surface area (Å²) in [6.45, 7) is 1.38. The molecule has 0 bridgehead atoms. The number of alkyl halides is 3. The van der Waals surface area contributed by atoms with Gasteiger partial charge in [-0.1, -0.05) is 18.2 Å². The SMILES string of the molecule is CCOC(=O)C1=C(CN(Cc2ccc3c(c2)OCO3)C(=O)c2ccc(C(F)(F)F)cc2)NC(=O)N[C@@H]1c1ccc(OC)cc1. The zero-order valence-electron chi connectivity index (χ0n) is 23.7. The highest BCUT2D eigenvalue weighted by molar-refractivity contribution is 5.97. The Morgan fingerprint density at radius 3 is 2.34 bits per heavy atom. The van der Waals surface area contributed by atoms with Crippen LogP contribution in [0.2, 0.25) is 0 Å². The Hall–Kier alpha value is -5.20. The quantitative estimate of drug-likeness (QED) is 0.329. The minimum atomic E-state index is -4.58. The van der Waals surface area contributed by atoms with Gasteiger partial charge >= 0.3 is 18.2 Å². The zero-order chi connectivity index (χ0) is 31.4. The highest BCUT2D eigenvalue weighted by Gasteiger charge is 2.36. The third-order valence-electron chi connectivity index (χ3n) is 7.00. The maximum atomic E-state index is 13.8. The van der Waals surface area contributed by atoms with Crippen molar-refractivity contribution in [1.29, 1.82) is 0 Å². The second kappa shape index (κ2) is 12.6. The van der Waals surface area contributed by atoms with Crippen molar-refractivity contribution in [3.8, 4) is 17.2 Å². The summed E-state index contributed by atoms with van der Waals surface area (Å²) in [5, 5.41) is 5.37. The standard InChI is InChI=1S/C31H28F3N3O7/c1-3-42-29(39)26-23(35-30(40)36-27(26)19-7-11-22(41-2)12-8-19)16-37(15-18-4-13-24-25(14-18)44-17-43-24)28(38)20-5-9-21(10-6-20)31(32,33)34/h4-14,27H,3,15-17H2,1-2H3,(H2,35,36,40)/t27-/m1/s1. The number of nitrogens with one attached hydrogen (secondary N) is 2. The van der Waals surface area contributed by atoms with E-state index >= 15 is 0 Å². The molecule has 3 amide bonds. The van der Waals surface area contributed by atoms with Crippen LogP contribution in [-0.4, -0.2) is 49.9 Å². The van der Waals surface area contributed by atoms with Gasteiger partial charge in [0.25, 0.3) is 5.91 Å². The van der Waals surface area contributed by atoms with E-state index in [0.29, 0.717) is 28.4 Å². The summed E-state index contributed by atoms with van der Waals surface area (Å²) in [6, 6.07) is 14.0. The van der Waals surface area contributed by atoms with Crippen LogP contribution in [0, 0.1) is 0 Å². The lowest BCUT2D eigenvalue weighted by molar-refractivity contribution is -0.139. The molecule has 0 aromatic heterocycles. The first-order valence-corrected chi connectivity index (χ1v) is 13.5. The Bertz CT molecular complexity index is 1590. The number of nitrogens with zero attached hydrogens (tertiary/aromatic N) is 1. The molecule has 0 saturated heterocycles. The molecule has 1 atom stereocenters. The smallest absolute Gasteiger partial charge is 0.416 e. The fourth-order valence-electron chi connectivity index (χ4n) is 4.87. The van der Waals surface area contributed by atoms with Crippen molar-refractivity contribution < 1.29 is 46.5 Å². The molecule has 2 heterocycles. The summed E-state index contributed by atoms with van der Waals surface area (Å²) in [6.07, 6.45) is -4.58. The molecule has 3 aromatic carbocycles. The Labute approximate surface area is 250 Å². The van der Waals surface area contributed by atoms with Gasteiger partial charge in [0.05, 0.1) is 43.1 Å². The van der Waals surface area contributed by atoms with E-state index in [1.165, 1.54) is 12.0 Å². The summed E-state index contributed by atoms with van der Waals surface area (Å²) in [5.41, 5.74) is 0.388. The van der Waals surface area contributed by atoms with Crippen molar-refractivity contribution in [2.24, 2.45) is 0 Å². The fraction of sp³-hybridized carbons (Fsp3) is 0.258. The molecule has 0 radical (unpaired) electrons. The van der Waals surface area contributed by atoms with E-state index in [0.717, 1.165) is 24.3 Å². The van der Waals surface area contributed by atoms with Crippen LogP contribution in [0.25, 0.3) is 0 Å². The molecule has 3 aromatic rings. The number of methoxy groups -OCH3 is 1. The van der Waals surface area contributed by atoms with Gasteiger partial charge in [0.15, 0.2) is 11.5 Å². The number of ether oxygens (including phenoxy) is 4. The number of amides is 3. The molecule has 0 fully saturated rings. The van der Waals surface area contributed by atoms with Crippen LogP contribution in [0.15, 0.2) is 78.0 Å². The van der Waals surface area contributed by atoms with Gasteiger partial charge in [0, 0.05) is 12.1 Å². The molecule has 0 aliphatic carbocycles. The summed E-state index contributed by atoms with van der Waals surface area (Å²) in [4.78, 5) is 41.3. The zero-order valence-corrected chi connectivity index (χ0v) is 23.7. The highest BCUT2D eigenvalue weighted by atomic mass is 19.4. The van der Waals surface area contributed by atoms with Gasteiger partial charge in [-0.25, -0.2) is 9.59 Å². The van der Waals surface area contributed by atoms with Gasteiger partial charge in [0.1, 0.15) is 5.75 Å². The molecule has 13 heteroatoms. The maximum Gasteiger partial charge on any atom is 0.416 e. The van der Waals surface area contributed by atoms with Crippen LogP contribution in [0.3, 0.4) is 0 Å². The van der Waals surface area contributed by atoms with Crippen LogP contribution >= 0.6 is 0 Å². The lowest BCUT2D eigenvalue weighted by atomic mass is 9.94. The van der Waals surface area contributed by atoms with Crippen molar-refractivity contribution in [2.45, 2.75) is 25.7 Å². The normalized spacial score (nSPS) is 15.8. The minimum Gasteiger partial charge on any atom is -0.497 e. The van der Waals surface area contributed by atoms with Crippen molar-refractivity contribution in [2.75, 3.05) is 27.1 Å². The van der Waals surface area contributed by atoms with E-state index in [9.17, 15) is 27.6 Å².